The normalized spacial score (nSPS) is 14.9. The number of amides is 2. The van der Waals surface area contributed by atoms with Crippen molar-refractivity contribution in [3.8, 4) is 5.75 Å². The molecule has 4 rings (SSSR count). The second kappa shape index (κ2) is 10.00. The summed E-state index contributed by atoms with van der Waals surface area (Å²) >= 11 is 0. The molecule has 6 heteroatoms. The van der Waals surface area contributed by atoms with Crippen LogP contribution in [0, 0.1) is 5.41 Å². The largest absolute Gasteiger partial charge is 0.419 e. The Morgan fingerprint density at radius 1 is 0.882 bits per heavy atom. The Kier molecular flexibility index (Phi) is 6.87. The molecule has 1 aliphatic rings. The lowest BCUT2D eigenvalue weighted by molar-refractivity contribution is 0.102. The summed E-state index contributed by atoms with van der Waals surface area (Å²) in [6, 6.07) is 23.8. The van der Waals surface area contributed by atoms with Crippen LogP contribution >= 0.6 is 0 Å². The van der Waals surface area contributed by atoms with Gasteiger partial charge in [-0.05, 0) is 78.9 Å². The summed E-state index contributed by atoms with van der Waals surface area (Å²) in [5.74, 6) is 0.222. The Morgan fingerprint density at radius 3 is 2.12 bits per heavy atom. The number of carbonyl (C=O) groups is 2. The van der Waals surface area contributed by atoms with E-state index in [1.165, 1.54) is 17.7 Å². The number of nitrogens with one attached hydrogen (secondary N) is 1. The van der Waals surface area contributed by atoms with Crippen LogP contribution in [0.2, 0.25) is 0 Å². The Bertz CT molecular complexity index is 1120. The number of anilines is 3. The number of benzene rings is 3. The first kappa shape index (κ1) is 23.4. The lowest BCUT2D eigenvalue weighted by Crippen LogP contribution is -2.37. The van der Waals surface area contributed by atoms with E-state index in [4.69, 9.17) is 4.74 Å². The Morgan fingerprint density at radius 2 is 1.50 bits per heavy atom. The molecule has 2 amide bonds. The SMILES string of the molecule is CN(C(=O)Oc1ccc(NC(=O)c2ccc(N3CCC(C)(C)CC3)cc2)cc1)c1ccccc1. The van der Waals surface area contributed by atoms with Crippen LogP contribution in [-0.2, 0) is 0 Å². The van der Waals surface area contributed by atoms with Gasteiger partial charge >= 0.3 is 6.09 Å². The van der Waals surface area contributed by atoms with Crippen LogP contribution in [0.15, 0.2) is 78.9 Å². The Labute approximate surface area is 201 Å². The van der Waals surface area contributed by atoms with Crippen LogP contribution in [0.5, 0.6) is 5.75 Å². The van der Waals surface area contributed by atoms with E-state index in [9.17, 15) is 9.59 Å². The van der Waals surface area contributed by atoms with E-state index in [0.717, 1.165) is 24.5 Å². The van der Waals surface area contributed by atoms with Crippen molar-refractivity contribution in [2.75, 3.05) is 35.3 Å². The van der Waals surface area contributed by atoms with Gasteiger partial charge in [0.15, 0.2) is 0 Å². The monoisotopic (exact) mass is 457 g/mol. The second-order valence-electron chi connectivity index (χ2n) is 9.44. The molecule has 6 nitrogen and oxygen atoms in total. The maximum Gasteiger partial charge on any atom is 0.419 e. The van der Waals surface area contributed by atoms with Crippen LogP contribution in [0.4, 0.5) is 21.9 Å². The summed E-state index contributed by atoms with van der Waals surface area (Å²) < 4.78 is 5.43. The maximum absolute atomic E-state index is 12.7. The fourth-order valence-electron chi connectivity index (χ4n) is 3.93. The molecule has 0 atom stereocenters. The van der Waals surface area contributed by atoms with Crippen molar-refractivity contribution >= 4 is 29.1 Å². The van der Waals surface area contributed by atoms with E-state index in [2.05, 4.69) is 24.1 Å². The summed E-state index contributed by atoms with van der Waals surface area (Å²) in [7, 11) is 1.66. The lowest BCUT2D eigenvalue weighted by Gasteiger charge is -2.38. The predicted molar refractivity (Wildman–Crippen MR) is 137 cm³/mol. The minimum atomic E-state index is -0.486. The highest BCUT2D eigenvalue weighted by atomic mass is 16.6. The van der Waals surface area contributed by atoms with Crippen LogP contribution in [0.3, 0.4) is 0 Å². The summed E-state index contributed by atoms with van der Waals surface area (Å²) in [6.45, 7) is 6.71. The average molecular weight is 458 g/mol. The molecule has 1 aliphatic heterocycles. The van der Waals surface area contributed by atoms with Gasteiger partial charge in [0.25, 0.3) is 5.91 Å². The smallest absolute Gasteiger partial charge is 0.410 e. The third-order valence-corrected chi connectivity index (χ3v) is 6.35. The van der Waals surface area contributed by atoms with Gasteiger partial charge in [-0.25, -0.2) is 4.79 Å². The van der Waals surface area contributed by atoms with Gasteiger partial charge in [-0.15, -0.1) is 0 Å². The van der Waals surface area contributed by atoms with Gasteiger partial charge in [-0.3, -0.25) is 9.69 Å². The lowest BCUT2D eigenvalue weighted by atomic mass is 9.82. The molecule has 0 saturated carbocycles. The number of piperidine rings is 1. The van der Waals surface area contributed by atoms with Crippen molar-refractivity contribution in [2.24, 2.45) is 5.41 Å². The standard InChI is InChI=1S/C28H31N3O3/c1-28(2)17-19-31(20-18-28)24-13-9-21(10-14-24)26(32)29-22-11-15-25(16-12-22)34-27(33)30(3)23-7-5-4-6-8-23/h4-16H,17-20H2,1-3H3,(H,29,32). The molecule has 0 aromatic heterocycles. The molecule has 0 spiro atoms. The number of para-hydroxylation sites is 1. The molecule has 0 unspecified atom stereocenters. The van der Waals surface area contributed by atoms with Gasteiger partial charge in [0, 0.05) is 42.8 Å². The summed E-state index contributed by atoms with van der Waals surface area (Å²) in [6.07, 6.45) is 1.85. The molecule has 34 heavy (non-hydrogen) atoms. The number of hydrogen-bond donors (Lipinski definition) is 1. The van der Waals surface area contributed by atoms with Crippen molar-refractivity contribution in [2.45, 2.75) is 26.7 Å². The van der Waals surface area contributed by atoms with Crippen LogP contribution < -0.4 is 19.9 Å². The zero-order valence-electron chi connectivity index (χ0n) is 20.0. The summed E-state index contributed by atoms with van der Waals surface area (Å²) in [5, 5.41) is 2.89. The van der Waals surface area contributed by atoms with Crippen molar-refractivity contribution in [3.05, 3.63) is 84.4 Å². The molecule has 176 valence electrons. The molecular weight excluding hydrogens is 426 g/mol. The zero-order chi connectivity index (χ0) is 24.1. The number of nitrogens with zero attached hydrogens (tertiary/aromatic N) is 2. The van der Waals surface area contributed by atoms with E-state index in [1.807, 2.05) is 54.6 Å². The van der Waals surface area contributed by atoms with Gasteiger partial charge < -0.3 is 15.0 Å². The zero-order valence-corrected chi connectivity index (χ0v) is 20.0. The van der Waals surface area contributed by atoms with Gasteiger partial charge in [0.05, 0.1) is 0 Å². The Balaban J connectivity index is 1.31. The van der Waals surface area contributed by atoms with Crippen molar-refractivity contribution < 1.29 is 14.3 Å². The van der Waals surface area contributed by atoms with Gasteiger partial charge in [0.2, 0.25) is 0 Å². The first-order valence-corrected chi connectivity index (χ1v) is 11.6. The number of rotatable bonds is 5. The van der Waals surface area contributed by atoms with Crippen LogP contribution in [-0.4, -0.2) is 32.1 Å². The third-order valence-electron chi connectivity index (χ3n) is 6.35. The van der Waals surface area contributed by atoms with E-state index < -0.39 is 6.09 Å². The molecule has 3 aromatic rings. The second-order valence-corrected chi connectivity index (χ2v) is 9.44. The fourth-order valence-corrected chi connectivity index (χ4v) is 3.93. The van der Waals surface area contributed by atoms with Crippen molar-refractivity contribution in [1.82, 2.24) is 0 Å². The van der Waals surface area contributed by atoms with Crippen molar-refractivity contribution in [3.63, 3.8) is 0 Å². The molecular formula is C28H31N3O3. The summed E-state index contributed by atoms with van der Waals surface area (Å²) in [4.78, 5) is 28.9. The van der Waals surface area contributed by atoms with Gasteiger partial charge in [0.1, 0.15) is 5.75 Å². The van der Waals surface area contributed by atoms with Crippen molar-refractivity contribution in [1.29, 1.82) is 0 Å². The minimum absolute atomic E-state index is 0.181. The average Bonchev–Trinajstić information content (AvgIpc) is 2.85. The van der Waals surface area contributed by atoms with Gasteiger partial charge in [-0.1, -0.05) is 32.0 Å². The first-order chi connectivity index (χ1) is 16.3. The summed E-state index contributed by atoms with van der Waals surface area (Å²) in [5.41, 5.74) is 3.53. The molecule has 0 aliphatic carbocycles. The highest BCUT2D eigenvalue weighted by Crippen LogP contribution is 2.32. The molecule has 1 saturated heterocycles. The number of carbonyl (C=O) groups excluding carboxylic acids is 2. The quantitative estimate of drug-likeness (QED) is 0.495. The molecule has 0 bridgehead atoms. The molecule has 1 heterocycles. The molecule has 0 radical (unpaired) electrons. The topological polar surface area (TPSA) is 61.9 Å². The van der Waals surface area contributed by atoms with E-state index in [-0.39, 0.29) is 5.91 Å². The third kappa shape index (κ3) is 5.76. The number of ether oxygens (including phenoxy) is 1. The van der Waals surface area contributed by atoms with E-state index >= 15 is 0 Å². The fraction of sp³-hybridized carbons (Fsp3) is 0.286. The highest BCUT2D eigenvalue weighted by molar-refractivity contribution is 6.04. The Hall–Kier alpha value is -3.80. The van der Waals surface area contributed by atoms with E-state index in [0.29, 0.717) is 22.4 Å². The van der Waals surface area contributed by atoms with Crippen LogP contribution in [0.1, 0.15) is 37.0 Å². The minimum Gasteiger partial charge on any atom is -0.410 e. The molecule has 3 aromatic carbocycles. The molecule has 1 N–H and O–H groups in total. The van der Waals surface area contributed by atoms with Gasteiger partial charge in [-0.2, -0.15) is 0 Å². The van der Waals surface area contributed by atoms with E-state index in [1.54, 1.807) is 31.3 Å². The maximum atomic E-state index is 12.7. The molecule has 1 fully saturated rings. The van der Waals surface area contributed by atoms with Crippen LogP contribution in [0.25, 0.3) is 0 Å². The number of hydrogen-bond acceptors (Lipinski definition) is 4. The first-order valence-electron chi connectivity index (χ1n) is 11.6. The highest BCUT2D eigenvalue weighted by Gasteiger charge is 2.25. The predicted octanol–water partition coefficient (Wildman–Crippen LogP) is 6.20.